The molecule has 11 heteroatoms. The van der Waals surface area contributed by atoms with Crippen molar-refractivity contribution >= 4 is 27.6 Å². The van der Waals surface area contributed by atoms with Gasteiger partial charge < -0.3 is 19.5 Å². The summed E-state index contributed by atoms with van der Waals surface area (Å²) in [7, 11) is -3.77. The fourth-order valence-electron chi connectivity index (χ4n) is 3.79. The van der Waals surface area contributed by atoms with Crippen LogP contribution in [0.2, 0.25) is 0 Å². The molecule has 2 heterocycles. The van der Waals surface area contributed by atoms with Crippen LogP contribution in [0.5, 0.6) is 11.5 Å². The van der Waals surface area contributed by atoms with Gasteiger partial charge in [-0.1, -0.05) is 12.1 Å². The topological polar surface area (TPSA) is 111 Å². The Morgan fingerprint density at radius 1 is 1.09 bits per heavy atom. The highest BCUT2D eigenvalue weighted by Gasteiger charge is 2.34. The second-order valence-electron chi connectivity index (χ2n) is 8.03. The number of amides is 1. The van der Waals surface area contributed by atoms with E-state index in [1.165, 1.54) is 41.6 Å². The maximum absolute atomic E-state index is 13.7. The van der Waals surface area contributed by atoms with E-state index in [1.54, 1.807) is 12.1 Å². The number of carbonyl (C=O) groups excluding carboxylic acids is 2. The molecule has 1 amide bonds. The maximum Gasteiger partial charge on any atom is 0.309 e. The smallest absolute Gasteiger partial charge is 0.309 e. The largest absolute Gasteiger partial charge is 0.486 e. The summed E-state index contributed by atoms with van der Waals surface area (Å²) in [6.45, 7) is 2.42. The van der Waals surface area contributed by atoms with E-state index < -0.39 is 39.7 Å². The van der Waals surface area contributed by atoms with E-state index in [-0.39, 0.29) is 36.5 Å². The molecule has 1 saturated heterocycles. The standard InChI is InChI=1S/C23H25FN2O7S/c1-15(22(27)25-19-5-3-2-4-18(19)24)33-23(28)16-8-10-26(11-9-16)34(29,30)17-6-7-20-21(14-17)32-13-12-31-20/h2-7,14-16H,8-13H2,1H3,(H,25,27). The normalized spacial score (nSPS) is 17.6. The molecule has 0 bridgehead atoms. The Bertz CT molecular complexity index is 1180. The summed E-state index contributed by atoms with van der Waals surface area (Å²) in [5, 5.41) is 2.39. The number of sulfonamides is 1. The molecule has 2 aromatic carbocycles. The van der Waals surface area contributed by atoms with E-state index in [4.69, 9.17) is 14.2 Å². The first-order chi connectivity index (χ1) is 16.3. The maximum atomic E-state index is 13.7. The van der Waals surface area contributed by atoms with Crippen molar-refractivity contribution in [1.29, 1.82) is 0 Å². The van der Waals surface area contributed by atoms with Gasteiger partial charge in [-0.05, 0) is 44.0 Å². The van der Waals surface area contributed by atoms with Crippen LogP contribution in [0.25, 0.3) is 0 Å². The Balaban J connectivity index is 1.32. The number of anilines is 1. The first kappa shape index (κ1) is 24.0. The van der Waals surface area contributed by atoms with Gasteiger partial charge >= 0.3 is 5.97 Å². The Morgan fingerprint density at radius 3 is 2.47 bits per heavy atom. The van der Waals surface area contributed by atoms with Gasteiger partial charge in [0.15, 0.2) is 17.6 Å². The number of esters is 1. The minimum atomic E-state index is -3.77. The molecule has 0 saturated carbocycles. The molecule has 1 N–H and O–H groups in total. The number of halogens is 1. The highest BCUT2D eigenvalue weighted by Crippen LogP contribution is 2.34. The van der Waals surface area contributed by atoms with Gasteiger partial charge in [0.05, 0.1) is 16.5 Å². The molecule has 34 heavy (non-hydrogen) atoms. The Morgan fingerprint density at radius 2 is 1.76 bits per heavy atom. The van der Waals surface area contributed by atoms with Crippen molar-refractivity contribution in [3.63, 3.8) is 0 Å². The van der Waals surface area contributed by atoms with Gasteiger partial charge in [0.25, 0.3) is 5.91 Å². The lowest BCUT2D eigenvalue weighted by Gasteiger charge is -2.30. The number of fused-ring (bicyclic) bond motifs is 1. The number of nitrogens with one attached hydrogen (secondary N) is 1. The number of hydrogen-bond acceptors (Lipinski definition) is 7. The van der Waals surface area contributed by atoms with Crippen LogP contribution in [0.15, 0.2) is 47.4 Å². The molecule has 182 valence electrons. The van der Waals surface area contributed by atoms with Gasteiger partial charge in [0, 0.05) is 19.2 Å². The van der Waals surface area contributed by atoms with Crippen LogP contribution in [-0.2, 0) is 24.3 Å². The van der Waals surface area contributed by atoms with E-state index >= 15 is 0 Å². The van der Waals surface area contributed by atoms with Crippen molar-refractivity contribution in [3.05, 3.63) is 48.3 Å². The highest BCUT2D eigenvalue weighted by atomic mass is 32.2. The van der Waals surface area contributed by atoms with Crippen LogP contribution < -0.4 is 14.8 Å². The lowest BCUT2D eigenvalue weighted by molar-refractivity contribution is -0.158. The van der Waals surface area contributed by atoms with Gasteiger partial charge in [-0.15, -0.1) is 0 Å². The van der Waals surface area contributed by atoms with Gasteiger partial charge in [0.1, 0.15) is 19.0 Å². The van der Waals surface area contributed by atoms with E-state index in [9.17, 15) is 22.4 Å². The van der Waals surface area contributed by atoms with Crippen molar-refractivity contribution in [2.45, 2.75) is 30.8 Å². The van der Waals surface area contributed by atoms with Crippen molar-refractivity contribution in [2.75, 3.05) is 31.6 Å². The zero-order valence-corrected chi connectivity index (χ0v) is 19.3. The van der Waals surface area contributed by atoms with Crippen molar-refractivity contribution < 1.29 is 36.6 Å². The number of carbonyl (C=O) groups is 2. The fourth-order valence-corrected chi connectivity index (χ4v) is 5.27. The molecule has 4 rings (SSSR count). The van der Waals surface area contributed by atoms with Crippen LogP contribution in [0.4, 0.5) is 10.1 Å². The van der Waals surface area contributed by atoms with Crippen LogP contribution in [0.1, 0.15) is 19.8 Å². The minimum Gasteiger partial charge on any atom is -0.486 e. The van der Waals surface area contributed by atoms with Gasteiger partial charge in [-0.2, -0.15) is 4.31 Å². The van der Waals surface area contributed by atoms with E-state index in [2.05, 4.69) is 5.32 Å². The summed E-state index contributed by atoms with van der Waals surface area (Å²) in [5.41, 5.74) is -0.00643. The number of nitrogens with zero attached hydrogens (tertiary/aromatic N) is 1. The number of para-hydroxylation sites is 1. The van der Waals surface area contributed by atoms with Gasteiger partial charge in [-0.25, -0.2) is 12.8 Å². The molecule has 0 aromatic heterocycles. The number of ether oxygens (including phenoxy) is 3. The molecule has 1 atom stereocenters. The molecule has 2 aliphatic rings. The average Bonchev–Trinajstić information content (AvgIpc) is 2.85. The van der Waals surface area contributed by atoms with E-state index in [1.807, 2.05) is 0 Å². The second kappa shape index (κ2) is 9.98. The van der Waals surface area contributed by atoms with Gasteiger partial charge in [0.2, 0.25) is 10.0 Å². The van der Waals surface area contributed by atoms with E-state index in [0.717, 1.165) is 0 Å². The van der Waals surface area contributed by atoms with E-state index in [0.29, 0.717) is 24.7 Å². The molecule has 0 radical (unpaired) electrons. The quantitative estimate of drug-likeness (QED) is 0.617. The summed E-state index contributed by atoms with van der Waals surface area (Å²) in [6, 6.07) is 10.2. The van der Waals surface area contributed by atoms with Gasteiger partial charge in [-0.3, -0.25) is 9.59 Å². The zero-order chi connectivity index (χ0) is 24.3. The van der Waals surface area contributed by atoms with Crippen molar-refractivity contribution in [2.24, 2.45) is 5.92 Å². The molecule has 9 nitrogen and oxygen atoms in total. The molecule has 2 aliphatic heterocycles. The minimum absolute atomic E-state index is 0.00643. The third-order valence-electron chi connectivity index (χ3n) is 5.73. The molecule has 2 aromatic rings. The summed E-state index contributed by atoms with van der Waals surface area (Å²) in [5.74, 6) is -1.51. The summed E-state index contributed by atoms with van der Waals surface area (Å²) in [6.07, 6.45) is -0.624. The predicted octanol–water partition coefficient (Wildman–Crippen LogP) is 2.57. The second-order valence-corrected chi connectivity index (χ2v) is 9.97. The number of piperidine rings is 1. The third kappa shape index (κ3) is 5.15. The predicted molar refractivity (Wildman–Crippen MR) is 119 cm³/mol. The molecule has 0 aliphatic carbocycles. The molecular weight excluding hydrogens is 467 g/mol. The summed E-state index contributed by atoms with van der Waals surface area (Å²) >= 11 is 0. The first-order valence-corrected chi connectivity index (χ1v) is 12.4. The summed E-state index contributed by atoms with van der Waals surface area (Å²) < 4.78 is 57.3. The fraction of sp³-hybridized carbons (Fsp3) is 0.391. The Hall–Kier alpha value is -3.18. The SMILES string of the molecule is CC(OC(=O)C1CCN(S(=O)(=O)c2ccc3c(c2)OCCO3)CC1)C(=O)Nc1ccccc1F. The number of hydrogen-bond donors (Lipinski definition) is 1. The monoisotopic (exact) mass is 492 g/mol. The van der Waals surface area contributed by atoms with Crippen LogP contribution >= 0.6 is 0 Å². The number of rotatable bonds is 6. The van der Waals surface area contributed by atoms with Crippen LogP contribution in [0.3, 0.4) is 0 Å². The molecular formula is C23H25FN2O7S. The lowest BCUT2D eigenvalue weighted by atomic mass is 9.98. The van der Waals surface area contributed by atoms with Crippen molar-refractivity contribution in [3.8, 4) is 11.5 Å². The molecule has 1 unspecified atom stereocenters. The Labute approximate surface area is 196 Å². The number of benzene rings is 2. The third-order valence-corrected chi connectivity index (χ3v) is 7.63. The summed E-state index contributed by atoms with van der Waals surface area (Å²) in [4.78, 5) is 24.9. The van der Waals surface area contributed by atoms with Crippen molar-refractivity contribution in [1.82, 2.24) is 4.31 Å². The Kier molecular flexibility index (Phi) is 7.03. The highest BCUT2D eigenvalue weighted by molar-refractivity contribution is 7.89. The lowest BCUT2D eigenvalue weighted by Crippen LogP contribution is -2.41. The first-order valence-electron chi connectivity index (χ1n) is 10.9. The van der Waals surface area contributed by atoms with Crippen LogP contribution in [0, 0.1) is 11.7 Å². The molecule has 0 spiro atoms. The zero-order valence-electron chi connectivity index (χ0n) is 18.5. The van der Waals surface area contributed by atoms with Crippen LogP contribution in [-0.4, -0.2) is 57.0 Å². The average molecular weight is 493 g/mol. The molecule has 1 fully saturated rings.